The van der Waals surface area contributed by atoms with Gasteiger partial charge in [0.05, 0.1) is 55.3 Å². The van der Waals surface area contributed by atoms with Crippen LogP contribution in [0.15, 0.2) is 446 Å². The van der Waals surface area contributed by atoms with E-state index in [1.54, 1.807) is 0 Å². The van der Waals surface area contributed by atoms with Gasteiger partial charge in [-0.05, 0) is 156 Å². The largest absolute Gasteiger partial charge is 0.455 e. The summed E-state index contributed by atoms with van der Waals surface area (Å²) in [7, 11) is 0. The summed E-state index contributed by atoms with van der Waals surface area (Å²) in [6.45, 7) is 4.69. The van der Waals surface area contributed by atoms with Crippen LogP contribution in [0, 0.1) is 0 Å². The molecule has 14 heteroatoms. The second-order valence-electron chi connectivity index (χ2n) is 34.3. The smallest absolute Gasteiger partial charge is 0.182 e. The van der Waals surface area contributed by atoms with Crippen LogP contribution in [-0.4, -0.2) is 58.6 Å². The van der Waals surface area contributed by atoms with Crippen LogP contribution in [0.5, 0.6) is 0 Å². The van der Waals surface area contributed by atoms with Crippen molar-refractivity contribution < 1.29 is 8.83 Å². The maximum absolute atomic E-state index is 6.47. The van der Waals surface area contributed by atoms with Crippen molar-refractivity contribution in [2.45, 2.75) is 19.3 Å². The molecule has 630 valence electrons. The first-order chi connectivity index (χ1) is 66.2. The molecule has 1 aliphatic rings. The van der Waals surface area contributed by atoms with Crippen molar-refractivity contribution in [2.24, 2.45) is 0 Å². The number of furan rings is 2. The van der Waals surface area contributed by atoms with E-state index in [0.29, 0.717) is 46.5 Å². The zero-order chi connectivity index (χ0) is 88.9. The van der Waals surface area contributed by atoms with Crippen molar-refractivity contribution in [3.63, 3.8) is 0 Å². The van der Waals surface area contributed by atoms with Gasteiger partial charge in [0.1, 0.15) is 33.8 Å². The molecule has 0 bridgehead atoms. The molecule has 9 aromatic heterocycles. The number of nitrogens with zero attached hydrogens (tertiary/aromatic N) is 12. The maximum Gasteiger partial charge on any atom is 0.182 e. The summed E-state index contributed by atoms with van der Waals surface area (Å²) in [5.74, 6) is 5.14. The van der Waals surface area contributed by atoms with Gasteiger partial charge in [-0.3, -0.25) is 4.57 Å². The molecule has 134 heavy (non-hydrogen) atoms. The number of hydrogen-bond acceptors (Lipinski definition) is 11. The molecule has 0 saturated carbocycles. The highest BCUT2D eigenvalue weighted by Crippen LogP contribution is 2.52. The molecule has 9 heterocycles. The maximum atomic E-state index is 6.47. The van der Waals surface area contributed by atoms with E-state index in [9.17, 15) is 0 Å². The Morgan fingerprint density at radius 1 is 0.201 bits per heavy atom. The molecule has 14 nitrogen and oxygen atoms in total. The van der Waals surface area contributed by atoms with Gasteiger partial charge < -0.3 is 18.0 Å². The van der Waals surface area contributed by atoms with E-state index in [0.717, 1.165) is 161 Å². The lowest BCUT2D eigenvalue weighted by Crippen LogP contribution is -2.14. The molecule has 0 fully saturated rings. The van der Waals surface area contributed by atoms with Gasteiger partial charge in [-0.15, -0.1) is 0 Å². The third kappa shape index (κ3) is 13.5. The molecule has 0 spiro atoms. The van der Waals surface area contributed by atoms with Gasteiger partial charge >= 0.3 is 0 Å². The first-order valence-corrected chi connectivity index (χ1v) is 45.0. The Morgan fingerprint density at radius 2 is 0.560 bits per heavy atom. The summed E-state index contributed by atoms with van der Waals surface area (Å²) in [5.41, 5.74) is 28.1. The van der Waals surface area contributed by atoms with Gasteiger partial charge in [0.15, 0.2) is 40.8 Å². The Kier molecular flexibility index (Phi) is 18.9. The minimum absolute atomic E-state index is 0.0666. The van der Waals surface area contributed by atoms with Gasteiger partial charge in [-0.2, -0.15) is 0 Å². The molecular formula is C120H78N12O2. The molecule has 0 atom stereocenters. The number of para-hydroxylation sites is 5. The zero-order valence-corrected chi connectivity index (χ0v) is 72.8. The van der Waals surface area contributed by atoms with Crippen LogP contribution >= 0.6 is 0 Å². The van der Waals surface area contributed by atoms with Gasteiger partial charge in [0.25, 0.3) is 0 Å². The summed E-state index contributed by atoms with van der Waals surface area (Å²) in [6.07, 6.45) is 0. The van der Waals surface area contributed by atoms with E-state index < -0.39 is 0 Å². The summed E-state index contributed by atoms with van der Waals surface area (Å²) in [5, 5.41) is 11.5. The third-order valence-electron chi connectivity index (χ3n) is 26.0. The molecule has 0 saturated heterocycles. The Balaban J connectivity index is 0.000000108. The van der Waals surface area contributed by atoms with Gasteiger partial charge in [-0.1, -0.05) is 317 Å². The fraction of sp³-hybridized carbons (Fsp3) is 0.0250. The van der Waals surface area contributed by atoms with E-state index >= 15 is 0 Å². The highest BCUT2D eigenvalue weighted by atomic mass is 16.3. The molecular weight excluding hydrogens is 1640 g/mol. The zero-order valence-electron chi connectivity index (χ0n) is 72.8. The quantitative estimate of drug-likeness (QED) is 0.115. The molecule has 0 unspecified atom stereocenters. The highest BCUT2D eigenvalue weighted by Gasteiger charge is 2.37. The SMILES string of the molecule is CC1(C)c2ccccc2-c2cc3c4ccccc4n(-c4ccc(-c5nc(-c6ccccc6)cc(-c6ccccc6)n5)cc4)c3cc21.c1ccc(-c2nc(-c3ccccc3)nc(-c3ccc(-n4c5ccccc5c5c6oc7ccccc7c6ccc54)cc3)n2)cc1.c1ccc(-c2nc(-c3ccccc3)nc(-c3cccc(-n4c5ccccc5c5c6oc7ccccc7c6ccc54)n3)n2)cc1. The second-order valence-corrected chi connectivity index (χ2v) is 34.3. The second kappa shape index (κ2) is 32.3. The number of rotatable bonds is 12. The van der Waals surface area contributed by atoms with Crippen LogP contribution in [0.25, 0.3) is 240 Å². The molecule has 0 amide bonds. The fourth-order valence-electron chi connectivity index (χ4n) is 19.6. The van der Waals surface area contributed by atoms with Crippen molar-refractivity contribution in [2.75, 3.05) is 0 Å². The Hall–Kier alpha value is -18.0. The normalized spacial score (nSPS) is 12.2. The molecule has 0 radical (unpaired) electrons. The van der Waals surface area contributed by atoms with Gasteiger partial charge in [0, 0.05) is 104 Å². The minimum atomic E-state index is -0.0666. The van der Waals surface area contributed by atoms with E-state index in [-0.39, 0.29) is 5.41 Å². The first-order valence-electron chi connectivity index (χ1n) is 45.0. The van der Waals surface area contributed by atoms with Crippen LogP contribution in [-0.2, 0) is 5.41 Å². The lowest BCUT2D eigenvalue weighted by Gasteiger charge is -2.21. The molecule has 0 N–H and O–H groups in total. The van der Waals surface area contributed by atoms with Crippen LogP contribution in [0.1, 0.15) is 25.0 Å². The molecule has 27 rings (SSSR count). The summed E-state index contributed by atoms with van der Waals surface area (Å²) < 4.78 is 19.8. The molecule has 17 aromatic carbocycles. The number of benzene rings is 17. The monoisotopic (exact) mass is 1720 g/mol. The van der Waals surface area contributed by atoms with Crippen LogP contribution in [0.4, 0.5) is 0 Å². The standard InChI is InChI=1S/C43H31N3.C39H24N4O.C38H23N5O/c1-43(2)36-19-11-9-17-32(36)34-25-35-33-18-10-12-20-40(33)46(41(35)26-37(34)43)31-23-21-30(22-24-31)42-44-38(28-13-5-3-6-14-28)27-39(45-42)29-15-7-4-8-16-29;1-3-11-25(12-4-1)37-40-38(26-13-5-2-6-14-26)42-39(41-37)27-19-21-28(22-20-27)43-32-17-9-7-16-31(32)35-33(43)24-23-30-29-15-8-10-18-34(29)44-36(30)35;1-3-12-24(13-4-1)36-40-37(25-14-5-2-6-15-25)42-38(41-36)29-18-11-21-33(39-29)43-30-19-9-7-17-28(30)34-31(43)23-22-27-26-16-8-10-20-32(26)44-35(27)34/h3-27H,1-2H3;1-24H;1-23H. The lowest BCUT2D eigenvalue weighted by molar-refractivity contribution is 0.661. The number of fused-ring (bicyclic) bond motifs is 20. The molecule has 26 aromatic rings. The lowest BCUT2D eigenvalue weighted by atomic mass is 9.82. The van der Waals surface area contributed by atoms with Crippen molar-refractivity contribution in [1.82, 2.24) is 58.6 Å². The van der Waals surface area contributed by atoms with E-state index in [4.69, 9.17) is 53.7 Å². The van der Waals surface area contributed by atoms with Gasteiger partial charge in [-0.25, -0.2) is 44.9 Å². The fourth-order valence-corrected chi connectivity index (χ4v) is 19.6. The Bertz CT molecular complexity index is 8890. The van der Waals surface area contributed by atoms with Gasteiger partial charge in [0.2, 0.25) is 0 Å². The van der Waals surface area contributed by atoms with Crippen LogP contribution < -0.4 is 0 Å². The average Bonchev–Trinajstić information content (AvgIpc) is 1.55. The van der Waals surface area contributed by atoms with Crippen molar-refractivity contribution in [1.29, 1.82) is 0 Å². The minimum Gasteiger partial charge on any atom is -0.455 e. The van der Waals surface area contributed by atoms with Crippen molar-refractivity contribution in [3.8, 4) is 131 Å². The summed E-state index contributed by atoms with van der Waals surface area (Å²) in [6, 6.07) is 150. The van der Waals surface area contributed by atoms with Crippen LogP contribution in [0.3, 0.4) is 0 Å². The summed E-state index contributed by atoms with van der Waals surface area (Å²) in [4.78, 5) is 44.5. The van der Waals surface area contributed by atoms with E-state index in [2.05, 4.69) is 282 Å². The van der Waals surface area contributed by atoms with E-state index in [1.807, 2.05) is 182 Å². The number of aromatic nitrogens is 12. The Morgan fingerprint density at radius 3 is 1.03 bits per heavy atom. The topological polar surface area (TPSA) is 157 Å². The molecule has 1 aliphatic carbocycles. The van der Waals surface area contributed by atoms with Crippen molar-refractivity contribution >= 4 is 109 Å². The predicted molar refractivity (Wildman–Crippen MR) is 544 cm³/mol. The van der Waals surface area contributed by atoms with Crippen LogP contribution in [0.2, 0.25) is 0 Å². The number of pyridine rings is 1. The first kappa shape index (κ1) is 78.3. The number of hydrogen-bond donors (Lipinski definition) is 0. The third-order valence-corrected chi connectivity index (χ3v) is 26.0. The Labute approximate surface area is 769 Å². The average molecular weight is 1720 g/mol. The highest BCUT2D eigenvalue weighted by molar-refractivity contribution is 6.25. The molecule has 0 aliphatic heterocycles. The van der Waals surface area contributed by atoms with Crippen molar-refractivity contribution in [3.05, 3.63) is 448 Å². The van der Waals surface area contributed by atoms with E-state index in [1.165, 1.54) is 44.1 Å². The predicted octanol–water partition coefficient (Wildman–Crippen LogP) is 30.0. The summed E-state index contributed by atoms with van der Waals surface area (Å²) >= 11 is 0.